The van der Waals surface area contributed by atoms with Crippen molar-refractivity contribution in [1.82, 2.24) is 5.32 Å². The number of benzene rings is 1. The van der Waals surface area contributed by atoms with Crippen molar-refractivity contribution in [2.24, 2.45) is 0 Å². The Morgan fingerprint density at radius 2 is 2.12 bits per heavy atom. The van der Waals surface area contributed by atoms with Gasteiger partial charge in [0.15, 0.2) is 6.29 Å². The largest absolute Gasteiger partial charge is 0.497 e. The van der Waals surface area contributed by atoms with Gasteiger partial charge in [-0.25, -0.2) is 0 Å². The molecule has 1 fully saturated rings. The zero-order valence-corrected chi connectivity index (χ0v) is 10.7. The van der Waals surface area contributed by atoms with E-state index in [0.29, 0.717) is 13.2 Å². The van der Waals surface area contributed by atoms with Crippen molar-refractivity contribution < 1.29 is 14.2 Å². The lowest BCUT2D eigenvalue weighted by Crippen LogP contribution is -2.39. The van der Waals surface area contributed by atoms with E-state index in [1.54, 1.807) is 7.11 Å². The monoisotopic (exact) mass is 259 g/mol. The van der Waals surface area contributed by atoms with E-state index >= 15 is 0 Å². The van der Waals surface area contributed by atoms with Crippen molar-refractivity contribution >= 4 is 12.4 Å². The normalized spacial score (nSPS) is 19.5. The molecular formula is C12H18ClNO3. The summed E-state index contributed by atoms with van der Waals surface area (Å²) in [4.78, 5) is 0. The molecule has 4 nitrogen and oxygen atoms in total. The van der Waals surface area contributed by atoms with Crippen molar-refractivity contribution in [1.29, 1.82) is 0 Å². The van der Waals surface area contributed by atoms with Crippen molar-refractivity contribution in [3.63, 3.8) is 0 Å². The third kappa shape index (κ3) is 4.52. The first-order valence-corrected chi connectivity index (χ1v) is 5.45. The van der Waals surface area contributed by atoms with Crippen molar-refractivity contribution in [2.45, 2.75) is 12.9 Å². The third-order valence-electron chi connectivity index (χ3n) is 2.49. The summed E-state index contributed by atoms with van der Waals surface area (Å²) in [5, 5.41) is 3.22. The van der Waals surface area contributed by atoms with E-state index in [0.717, 1.165) is 24.4 Å². The van der Waals surface area contributed by atoms with Crippen LogP contribution in [0.2, 0.25) is 0 Å². The fraction of sp³-hybridized carbons (Fsp3) is 0.500. The summed E-state index contributed by atoms with van der Waals surface area (Å²) in [6, 6.07) is 7.85. The lowest BCUT2D eigenvalue weighted by molar-refractivity contribution is -0.159. The highest BCUT2D eigenvalue weighted by Gasteiger charge is 2.13. The van der Waals surface area contributed by atoms with Gasteiger partial charge in [0.25, 0.3) is 0 Å². The number of hydrogen-bond acceptors (Lipinski definition) is 4. The Morgan fingerprint density at radius 1 is 1.35 bits per heavy atom. The van der Waals surface area contributed by atoms with E-state index in [1.807, 2.05) is 24.3 Å². The zero-order valence-electron chi connectivity index (χ0n) is 9.85. The van der Waals surface area contributed by atoms with E-state index in [4.69, 9.17) is 14.2 Å². The number of halogens is 1. The quantitative estimate of drug-likeness (QED) is 0.891. The summed E-state index contributed by atoms with van der Waals surface area (Å²) >= 11 is 0. The van der Waals surface area contributed by atoms with E-state index < -0.39 is 0 Å². The first-order chi connectivity index (χ1) is 7.88. The SMILES string of the molecule is COc1ccc(COC2CNCCO2)cc1.Cl. The van der Waals surface area contributed by atoms with E-state index in [-0.39, 0.29) is 18.7 Å². The Hall–Kier alpha value is -0.810. The molecular weight excluding hydrogens is 242 g/mol. The van der Waals surface area contributed by atoms with Gasteiger partial charge in [0, 0.05) is 13.1 Å². The van der Waals surface area contributed by atoms with Crippen LogP contribution in [-0.2, 0) is 16.1 Å². The summed E-state index contributed by atoms with van der Waals surface area (Å²) in [5.74, 6) is 0.860. The second-order valence-corrected chi connectivity index (χ2v) is 3.66. The first kappa shape index (κ1) is 14.3. The molecule has 5 heteroatoms. The fourth-order valence-corrected chi connectivity index (χ4v) is 1.56. The summed E-state index contributed by atoms with van der Waals surface area (Å²) in [6.07, 6.45) is -0.129. The summed E-state index contributed by atoms with van der Waals surface area (Å²) in [7, 11) is 1.66. The molecule has 0 aliphatic carbocycles. The topological polar surface area (TPSA) is 39.7 Å². The van der Waals surface area contributed by atoms with Crippen molar-refractivity contribution in [2.75, 3.05) is 26.8 Å². The van der Waals surface area contributed by atoms with Crippen LogP contribution in [-0.4, -0.2) is 33.1 Å². The second-order valence-electron chi connectivity index (χ2n) is 3.66. The van der Waals surface area contributed by atoms with Crippen LogP contribution in [0.25, 0.3) is 0 Å². The average molecular weight is 260 g/mol. The molecule has 1 atom stereocenters. The predicted molar refractivity (Wildman–Crippen MR) is 67.6 cm³/mol. The van der Waals surface area contributed by atoms with Crippen molar-refractivity contribution in [3.05, 3.63) is 29.8 Å². The van der Waals surface area contributed by atoms with Crippen LogP contribution in [0.15, 0.2) is 24.3 Å². The van der Waals surface area contributed by atoms with E-state index in [2.05, 4.69) is 5.32 Å². The molecule has 1 aliphatic rings. The molecule has 96 valence electrons. The minimum absolute atomic E-state index is 0. The van der Waals surface area contributed by atoms with Crippen LogP contribution in [0, 0.1) is 0 Å². The van der Waals surface area contributed by atoms with Crippen LogP contribution in [0.1, 0.15) is 5.56 Å². The summed E-state index contributed by atoms with van der Waals surface area (Å²) in [5.41, 5.74) is 1.12. The Kier molecular flexibility index (Phi) is 6.29. The minimum atomic E-state index is -0.129. The molecule has 1 unspecified atom stereocenters. The van der Waals surface area contributed by atoms with Gasteiger partial charge in [-0.2, -0.15) is 0 Å². The van der Waals surface area contributed by atoms with Crippen LogP contribution in [0.5, 0.6) is 5.75 Å². The Balaban J connectivity index is 0.00000144. The average Bonchev–Trinajstić information content (AvgIpc) is 2.38. The first-order valence-electron chi connectivity index (χ1n) is 5.45. The molecule has 2 rings (SSSR count). The van der Waals surface area contributed by atoms with Gasteiger partial charge in [-0.3, -0.25) is 0 Å². The van der Waals surface area contributed by atoms with Gasteiger partial charge >= 0.3 is 0 Å². The second kappa shape index (κ2) is 7.50. The molecule has 0 spiro atoms. The van der Waals surface area contributed by atoms with Gasteiger partial charge in [0.05, 0.1) is 20.3 Å². The number of rotatable bonds is 4. The van der Waals surface area contributed by atoms with Crippen LogP contribution in [0.4, 0.5) is 0 Å². The molecule has 0 aromatic heterocycles. The fourth-order valence-electron chi connectivity index (χ4n) is 1.56. The molecule has 0 radical (unpaired) electrons. The standard InChI is InChI=1S/C12H17NO3.ClH/c1-14-11-4-2-10(3-5-11)9-16-12-8-13-6-7-15-12;/h2-5,12-13H,6-9H2,1H3;1H. The lowest BCUT2D eigenvalue weighted by Gasteiger charge is -2.23. The van der Waals surface area contributed by atoms with Crippen LogP contribution in [0.3, 0.4) is 0 Å². The van der Waals surface area contributed by atoms with E-state index in [1.165, 1.54) is 0 Å². The van der Waals surface area contributed by atoms with Gasteiger partial charge in [-0.05, 0) is 17.7 Å². The minimum Gasteiger partial charge on any atom is -0.497 e. The Morgan fingerprint density at radius 3 is 2.71 bits per heavy atom. The molecule has 1 heterocycles. The maximum Gasteiger partial charge on any atom is 0.170 e. The van der Waals surface area contributed by atoms with Crippen LogP contribution < -0.4 is 10.1 Å². The third-order valence-corrected chi connectivity index (χ3v) is 2.49. The number of hydrogen-bond donors (Lipinski definition) is 1. The number of morpholine rings is 1. The molecule has 0 bridgehead atoms. The predicted octanol–water partition coefficient (Wildman–Crippen LogP) is 1.58. The van der Waals surface area contributed by atoms with Crippen molar-refractivity contribution in [3.8, 4) is 5.75 Å². The highest BCUT2D eigenvalue weighted by molar-refractivity contribution is 5.85. The maximum atomic E-state index is 5.62. The van der Waals surface area contributed by atoms with Gasteiger partial charge in [-0.15, -0.1) is 12.4 Å². The summed E-state index contributed by atoms with van der Waals surface area (Å²) in [6.45, 7) is 2.95. The molecule has 0 amide bonds. The highest BCUT2D eigenvalue weighted by atomic mass is 35.5. The Bertz CT molecular complexity index is 312. The maximum absolute atomic E-state index is 5.62. The van der Waals surface area contributed by atoms with Gasteiger partial charge in [0.1, 0.15) is 5.75 Å². The van der Waals surface area contributed by atoms with Gasteiger partial charge < -0.3 is 19.5 Å². The number of methoxy groups -OCH3 is 1. The molecule has 1 aromatic carbocycles. The molecule has 1 saturated heterocycles. The molecule has 0 saturated carbocycles. The van der Waals surface area contributed by atoms with Crippen LogP contribution >= 0.6 is 12.4 Å². The summed E-state index contributed by atoms with van der Waals surface area (Å²) < 4.78 is 16.1. The van der Waals surface area contributed by atoms with E-state index in [9.17, 15) is 0 Å². The number of nitrogens with one attached hydrogen (secondary N) is 1. The molecule has 1 aromatic rings. The molecule has 1 N–H and O–H groups in total. The molecule has 1 aliphatic heterocycles. The van der Waals surface area contributed by atoms with Gasteiger partial charge in [-0.1, -0.05) is 12.1 Å². The number of ether oxygens (including phenoxy) is 3. The smallest absolute Gasteiger partial charge is 0.170 e. The lowest BCUT2D eigenvalue weighted by atomic mass is 10.2. The van der Waals surface area contributed by atoms with Gasteiger partial charge in [0.2, 0.25) is 0 Å². The zero-order chi connectivity index (χ0) is 11.2. The Labute approximate surface area is 108 Å². The molecule has 17 heavy (non-hydrogen) atoms. The highest BCUT2D eigenvalue weighted by Crippen LogP contribution is 2.12.